The Balaban J connectivity index is 1.68. The zero-order chi connectivity index (χ0) is 20.8. The highest BCUT2D eigenvalue weighted by molar-refractivity contribution is 8.00. The number of hydrogen-bond donors (Lipinski definition) is 1. The van der Waals surface area contributed by atoms with Crippen molar-refractivity contribution >= 4 is 40.2 Å². The lowest BCUT2D eigenvalue weighted by Crippen LogP contribution is -2.14. The summed E-state index contributed by atoms with van der Waals surface area (Å²) in [5, 5.41) is 13.4. The van der Waals surface area contributed by atoms with Gasteiger partial charge in [-0.15, -0.1) is 0 Å². The Morgan fingerprint density at radius 3 is 2.55 bits per heavy atom. The average molecular weight is 407 g/mol. The van der Waals surface area contributed by atoms with E-state index in [0.717, 1.165) is 5.39 Å². The molecule has 3 rings (SSSR count). The first-order chi connectivity index (χ1) is 14.0. The number of hydrogen-bond acceptors (Lipinski definition) is 7. The maximum atomic E-state index is 12.3. The zero-order valence-electron chi connectivity index (χ0n) is 15.8. The number of ether oxygens (including phenoxy) is 2. The van der Waals surface area contributed by atoms with Gasteiger partial charge in [-0.3, -0.25) is 4.79 Å². The lowest BCUT2D eigenvalue weighted by molar-refractivity contribution is -0.113. The summed E-state index contributed by atoms with van der Waals surface area (Å²) in [6.45, 7) is 0. The molecule has 146 valence electrons. The van der Waals surface area contributed by atoms with Crippen LogP contribution in [-0.2, 0) is 9.53 Å². The van der Waals surface area contributed by atoms with Gasteiger partial charge in [0.15, 0.2) is 0 Å². The molecule has 0 spiro atoms. The summed E-state index contributed by atoms with van der Waals surface area (Å²) in [4.78, 5) is 28.2. The predicted octanol–water partition coefficient (Wildman–Crippen LogP) is 3.63. The summed E-state index contributed by atoms with van der Waals surface area (Å²) in [7, 11) is 2.88. The Bertz CT molecular complexity index is 1110. The highest BCUT2D eigenvalue weighted by atomic mass is 32.2. The van der Waals surface area contributed by atoms with Gasteiger partial charge in [0, 0.05) is 11.1 Å². The molecule has 1 aromatic heterocycles. The van der Waals surface area contributed by atoms with Crippen molar-refractivity contribution in [1.29, 1.82) is 5.26 Å². The highest BCUT2D eigenvalue weighted by Gasteiger charge is 2.12. The maximum Gasteiger partial charge on any atom is 0.337 e. The quantitative estimate of drug-likeness (QED) is 0.492. The SMILES string of the molecule is COC(=O)c1ccc(NC(=O)CSc2nc3ccc(OC)cc3cc2C#N)cc1. The number of pyridine rings is 1. The van der Waals surface area contributed by atoms with Crippen molar-refractivity contribution in [2.24, 2.45) is 0 Å². The Kier molecular flexibility index (Phi) is 6.32. The third kappa shape index (κ3) is 4.83. The normalized spacial score (nSPS) is 10.2. The Morgan fingerprint density at radius 2 is 1.90 bits per heavy atom. The number of fused-ring (bicyclic) bond motifs is 1. The monoisotopic (exact) mass is 407 g/mol. The minimum Gasteiger partial charge on any atom is -0.497 e. The largest absolute Gasteiger partial charge is 0.497 e. The van der Waals surface area contributed by atoms with E-state index < -0.39 is 5.97 Å². The molecule has 0 saturated carbocycles. The molecular weight excluding hydrogens is 390 g/mol. The van der Waals surface area contributed by atoms with Crippen molar-refractivity contribution in [2.75, 3.05) is 25.3 Å². The number of carbonyl (C=O) groups is 2. The van der Waals surface area contributed by atoms with Crippen LogP contribution in [0.25, 0.3) is 10.9 Å². The third-order valence-corrected chi connectivity index (χ3v) is 5.03. The number of amides is 1. The lowest BCUT2D eigenvalue weighted by Gasteiger charge is -2.08. The topological polar surface area (TPSA) is 101 Å². The molecule has 0 fully saturated rings. The van der Waals surface area contributed by atoms with Crippen molar-refractivity contribution < 1.29 is 19.1 Å². The molecule has 0 unspecified atom stereocenters. The second-order valence-corrected chi connectivity index (χ2v) is 6.88. The molecule has 0 radical (unpaired) electrons. The number of esters is 1. The Morgan fingerprint density at radius 1 is 1.14 bits per heavy atom. The van der Waals surface area contributed by atoms with Crippen LogP contribution in [0.2, 0.25) is 0 Å². The van der Waals surface area contributed by atoms with E-state index >= 15 is 0 Å². The van der Waals surface area contributed by atoms with E-state index in [0.29, 0.717) is 33.1 Å². The third-order valence-electron chi connectivity index (χ3n) is 4.04. The molecule has 7 nitrogen and oxygen atoms in total. The summed E-state index contributed by atoms with van der Waals surface area (Å²) >= 11 is 1.18. The summed E-state index contributed by atoms with van der Waals surface area (Å²) in [6, 6.07) is 15.6. The number of rotatable bonds is 6. The van der Waals surface area contributed by atoms with Gasteiger partial charge in [-0.25, -0.2) is 9.78 Å². The predicted molar refractivity (Wildman–Crippen MR) is 110 cm³/mol. The molecule has 2 aromatic carbocycles. The molecule has 0 aliphatic heterocycles. The van der Waals surface area contributed by atoms with Gasteiger partial charge in [0.25, 0.3) is 0 Å². The average Bonchev–Trinajstić information content (AvgIpc) is 2.76. The molecule has 1 heterocycles. The number of methoxy groups -OCH3 is 2. The minimum atomic E-state index is -0.442. The second kappa shape index (κ2) is 9.08. The van der Waals surface area contributed by atoms with Crippen LogP contribution >= 0.6 is 11.8 Å². The van der Waals surface area contributed by atoms with Crippen LogP contribution in [0.4, 0.5) is 5.69 Å². The molecule has 0 aliphatic carbocycles. The molecule has 8 heteroatoms. The Labute approximate surface area is 171 Å². The lowest BCUT2D eigenvalue weighted by atomic mass is 10.1. The van der Waals surface area contributed by atoms with Crippen LogP contribution in [0.5, 0.6) is 5.75 Å². The molecule has 0 aliphatic rings. The van der Waals surface area contributed by atoms with Gasteiger partial charge >= 0.3 is 5.97 Å². The number of benzene rings is 2. The number of nitriles is 1. The first-order valence-corrected chi connectivity index (χ1v) is 9.52. The molecule has 0 atom stereocenters. The number of carbonyl (C=O) groups excluding carboxylic acids is 2. The van der Waals surface area contributed by atoms with Crippen LogP contribution < -0.4 is 10.1 Å². The van der Waals surface area contributed by atoms with Gasteiger partial charge in [-0.05, 0) is 48.5 Å². The van der Waals surface area contributed by atoms with E-state index in [2.05, 4.69) is 21.1 Å². The van der Waals surface area contributed by atoms with E-state index in [1.54, 1.807) is 43.5 Å². The highest BCUT2D eigenvalue weighted by Crippen LogP contribution is 2.27. The van der Waals surface area contributed by atoms with E-state index in [9.17, 15) is 14.9 Å². The van der Waals surface area contributed by atoms with E-state index in [4.69, 9.17) is 4.74 Å². The minimum absolute atomic E-state index is 0.0854. The van der Waals surface area contributed by atoms with Crippen LogP contribution in [-0.4, -0.2) is 36.8 Å². The zero-order valence-corrected chi connectivity index (χ0v) is 16.6. The standard InChI is InChI=1S/C21H17N3O4S/c1-27-17-7-8-18-14(10-17)9-15(11-22)20(24-18)29-12-19(25)23-16-5-3-13(4-6-16)21(26)28-2/h3-10H,12H2,1-2H3,(H,23,25). The van der Waals surface area contributed by atoms with Crippen molar-refractivity contribution in [1.82, 2.24) is 4.98 Å². The summed E-state index contributed by atoms with van der Waals surface area (Å²) in [5.74, 6) is 0.0761. The smallest absolute Gasteiger partial charge is 0.337 e. The number of thioether (sulfide) groups is 1. The number of anilines is 1. The molecule has 1 N–H and O–H groups in total. The van der Waals surface area contributed by atoms with E-state index in [1.807, 2.05) is 12.1 Å². The van der Waals surface area contributed by atoms with Gasteiger partial charge in [0.05, 0.1) is 36.6 Å². The molecule has 29 heavy (non-hydrogen) atoms. The van der Waals surface area contributed by atoms with Crippen molar-refractivity contribution in [3.8, 4) is 11.8 Å². The van der Waals surface area contributed by atoms with Crippen molar-refractivity contribution in [2.45, 2.75) is 5.03 Å². The first-order valence-electron chi connectivity index (χ1n) is 8.54. The molecule has 0 saturated heterocycles. The van der Waals surface area contributed by atoms with Gasteiger partial charge in [0.2, 0.25) is 5.91 Å². The maximum absolute atomic E-state index is 12.3. The van der Waals surface area contributed by atoms with Gasteiger partial charge < -0.3 is 14.8 Å². The fourth-order valence-corrected chi connectivity index (χ4v) is 3.36. The van der Waals surface area contributed by atoms with Gasteiger partial charge in [0.1, 0.15) is 16.8 Å². The van der Waals surface area contributed by atoms with Crippen molar-refractivity contribution in [3.05, 3.63) is 59.7 Å². The van der Waals surface area contributed by atoms with Crippen LogP contribution in [0.3, 0.4) is 0 Å². The summed E-state index contributed by atoms with van der Waals surface area (Å²) < 4.78 is 9.83. The second-order valence-electron chi connectivity index (χ2n) is 5.92. The van der Waals surface area contributed by atoms with Gasteiger partial charge in [-0.1, -0.05) is 11.8 Å². The summed E-state index contributed by atoms with van der Waals surface area (Å²) in [5.41, 5.74) is 2.06. The Hall–Kier alpha value is -3.57. The fourth-order valence-electron chi connectivity index (χ4n) is 2.59. The van der Waals surface area contributed by atoms with Crippen LogP contribution in [0, 0.1) is 11.3 Å². The van der Waals surface area contributed by atoms with Crippen LogP contribution in [0.15, 0.2) is 53.6 Å². The van der Waals surface area contributed by atoms with E-state index in [-0.39, 0.29) is 11.7 Å². The molecule has 0 bridgehead atoms. The number of nitrogens with zero attached hydrogens (tertiary/aromatic N) is 2. The molecular formula is C21H17N3O4S. The van der Waals surface area contributed by atoms with Gasteiger partial charge in [-0.2, -0.15) is 5.26 Å². The first kappa shape index (κ1) is 20.2. The van der Waals surface area contributed by atoms with Crippen LogP contribution in [0.1, 0.15) is 15.9 Å². The summed E-state index contributed by atoms with van der Waals surface area (Å²) in [6.07, 6.45) is 0. The number of nitrogens with one attached hydrogen (secondary N) is 1. The van der Waals surface area contributed by atoms with Crippen molar-refractivity contribution in [3.63, 3.8) is 0 Å². The number of aromatic nitrogens is 1. The fraction of sp³-hybridized carbons (Fsp3) is 0.143. The molecule has 1 amide bonds. The van der Waals surface area contributed by atoms with E-state index in [1.165, 1.54) is 18.9 Å². The molecule has 3 aromatic rings.